The summed E-state index contributed by atoms with van der Waals surface area (Å²) in [5, 5.41) is 149. The molecule has 27 heteroatoms. The van der Waals surface area contributed by atoms with Gasteiger partial charge >= 0.3 is 17.9 Å². The molecule has 4 aliphatic heterocycles. The van der Waals surface area contributed by atoms with Crippen LogP contribution in [0.1, 0.15) is 64.2 Å². The first-order valence-corrected chi connectivity index (χ1v) is 24.8. The largest absolute Gasteiger partial charge is 0.481 e. The average molecular weight is 1060 g/mol. The second-order valence-electron chi connectivity index (χ2n) is 20.3. The van der Waals surface area contributed by atoms with Gasteiger partial charge in [-0.05, 0) is 50.9 Å². The summed E-state index contributed by atoms with van der Waals surface area (Å²) in [7, 11) is 1.49. The van der Waals surface area contributed by atoms with Crippen LogP contribution in [0.4, 0.5) is 0 Å². The molecule has 418 valence electrons. The van der Waals surface area contributed by atoms with Crippen molar-refractivity contribution in [1.82, 2.24) is 0 Å². The molecule has 27 atom stereocenters. The van der Waals surface area contributed by atoms with Crippen LogP contribution in [0.3, 0.4) is 0 Å². The molecule has 7 aliphatic rings. The zero-order valence-electron chi connectivity index (χ0n) is 40.0. The number of fused-ring (bicyclic) bond motifs is 1. The maximum absolute atomic E-state index is 12.7. The van der Waals surface area contributed by atoms with Gasteiger partial charge in [-0.1, -0.05) is 6.08 Å². The van der Waals surface area contributed by atoms with E-state index in [2.05, 4.69) is 0 Å². The van der Waals surface area contributed by atoms with E-state index in [1.807, 2.05) is 0 Å². The number of hydrogen-bond acceptors (Lipinski definition) is 25. The maximum Gasteiger partial charge on any atom is 0.330 e. The van der Waals surface area contributed by atoms with Crippen molar-refractivity contribution >= 4 is 17.9 Å². The predicted molar refractivity (Wildman–Crippen MR) is 236 cm³/mol. The van der Waals surface area contributed by atoms with Gasteiger partial charge in [0.15, 0.2) is 31.1 Å². The number of carbonyl (C=O) groups excluding carboxylic acids is 2. The van der Waals surface area contributed by atoms with E-state index in [-0.39, 0.29) is 50.5 Å². The number of aliphatic hydroxyl groups excluding tert-OH is 13. The van der Waals surface area contributed by atoms with Crippen molar-refractivity contribution < 1.29 is 133 Å². The second kappa shape index (κ2) is 25.6. The highest BCUT2D eigenvalue weighted by atomic mass is 16.7. The number of allylic oxidation sites excluding steroid dienone is 1. The summed E-state index contributed by atoms with van der Waals surface area (Å²) in [6.07, 6.45) is -29.6. The van der Waals surface area contributed by atoms with Gasteiger partial charge in [0.25, 0.3) is 0 Å². The fourth-order valence-corrected chi connectivity index (χ4v) is 11.1. The van der Waals surface area contributed by atoms with Crippen molar-refractivity contribution in [3.8, 4) is 0 Å². The Hall–Kier alpha value is -2.69. The predicted octanol–water partition coefficient (Wildman–Crippen LogP) is -6.55. The molecule has 3 aliphatic carbocycles. The van der Waals surface area contributed by atoms with Gasteiger partial charge in [0.1, 0.15) is 99.0 Å². The van der Waals surface area contributed by atoms with Crippen LogP contribution < -0.4 is 0 Å². The second-order valence-corrected chi connectivity index (χ2v) is 20.3. The molecule has 4 heterocycles. The lowest BCUT2D eigenvalue weighted by Crippen LogP contribution is -2.64. The number of carboxylic acids is 1. The average Bonchev–Trinajstić information content (AvgIpc) is 3.36. The Morgan fingerprint density at radius 3 is 1.73 bits per heavy atom. The molecule has 7 rings (SSSR count). The molecular weight excluding hydrogens is 984 g/mol. The first kappa shape index (κ1) is 58.0. The van der Waals surface area contributed by atoms with E-state index >= 15 is 0 Å². The Kier molecular flexibility index (Phi) is 20.4. The number of rotatable bonds is 17. The fourth-order valence-electron chi connectivity index (χ4n) is 11.1. The number of carboxylic acid groups (broad SMARTS) is 1. The summed E-state index contributed by atoms with van der Waals surface area (Å²) in [5.74, 6) is -4.74. The van der Waals surface area contributed by atoms with Crippen molar-refractivity contribution in [1.29, 1.82) is 0 Å². The minimum absolute atomic E-state index is 0.00920. The Bertz CT molecular complexity index is 1830. The van der Waals surface area contributed by atoms with Crippen LogP contribution in [-0.2, 0) is 57.0 Å². The molecule has 15 N–H and O–H groups in total. The maximum atomic E-state index is 12.7. The molecule has 0 spiro atoms. The molecule has 27 nitrogen and oxygen atoms in total. The molecule has 0 aromatic rings. The number of ether oxygens (including phenoxy) is 10. The van der Waals surface area contributed by atoms with E-state index in [1.165, 1.54) is 13.2 Å². The smallest absolute Gasteiger partial charge is 0.330 e. The van der Waals surface area contributed by atoms with Crippen LogP contribution >= 0.6 is 0 Å². The van der Waals surface area contributed by atoms with Gasteiger partial charge in [-0.3, -0.25) is 9.59 Å². The molecule has 4 saturated heterocycles. The summed E-state index contributed by atoms with van der Waals surface area (Å²) in [5.41, 5.74) is 0. The van der Waals surface area contributed by atoms with E-state index in [4.69, 9.17) is 52.5 Å². The van der Waals surface area contributed by atoms with Crippen LogP contribution in [0.25, 0.3) is 0 Å². The molecule has 0 bridgehead atoms. The third-order valence-electron chi connectivity index (χ3n) is 15.4. The topological polar surface area (TPSA) is 430 Å². The number of methoxy groups -OCH3 is 1. The zero-order chi connectivity index (χ0) is 53.0. The Morgan fingerprint density at radius 1 is 0.575 bits per heavy atom. The molecule has 3 saturated carbocycles. The lowest BCUT2D eigenvalue weighted by molar-refractivity contribution is -0.364. The number of aliphatic carboxylic acids is 1. The Balaban J connectivity index is 1.05. The molecule has 0 aromatic carbocycles. The van der Waals surface area contributed by atoms with Gasteiger partial charge < -0.3 is 119 Å². The van der Waals surface area contributed by atoms with Gasteiger partial charge in [0.2, 0.25) is 0 Å². The van der Waals surface area contributed by atoms with Gasteiger partial charge in [0, 0.05) is 31.9 Å². The number of esters is 2. The summed E-state index contributed by atoms with van der Waals surface area (Å²) < 4.78 is 56.5. The fraction of sp³-hybridized carbons (Fsp3) is 0.891. The molecule has 0 amide bonds. The SMILES string of the molecule is COC1CC(C=CC(=O)OC[C@H]2O[C@@H](OC3CC(O)C4CC(O[C@@H]5O[C@H](COC(=O)CC(=O)O)[C@@H](O)[C@H](O)[C@H]5O)C(C5CCC(O)C(O[C@@H]6O[C@H](CO)[C@@H](O)[C@H](O)[C@H]6O)C5)[OH+]C4C3)[C@H](O)[C@@H](O)[C@@H]2O)CCC1O. The van der Waals surface area contributed by atoms with Gasteiger partial charge in [-0.15, -0.1) is 0 Å². The van der Waals surface area contributed by atoms with Crippen molar-refractivity contribution in [3.63, 3.8) is 0 Å². The van der Waals surface area contributed by atoms with Crippen LogP contribution in [-0.4, -0.2) is 268 Å². The third-order valence-corrected chi connectivity index (χ3v) is 15.4. The van der Waals surface area contributed by atoms with Crippen molar-refractivity contribution in [3.05, 3.63) is 12.2 Å². The molecule has 73 heavy (non-hydrogen) atoms. The normalized spacial score (nSPS) is 47.6. The zero-order valence-corrected chi connectivity index (χ0v) is 40.0. The van der Waals surface area contributed by atoms with Gasteiger partial charge in [-0.25, -0.2) is 4.79 Å². The summed E-state index contributed by atoms with van der Waals surface area (Å²) in [6.45, 7) is -2.02. The van der Waals surface area contributed by atoms with Crippen molar-refractivity contribution in [2.24, 2.45) is 17.8 Å². The van der Waals surface area contributed by atoms with E-state index in [9.17, 15) is 80.8 Å². The number of aliphatic hydroxyl groups is 15. The molecule has 7 fully saturated rings. The van der Waals surface area contributed by atoms with Gasteiger partial charge in [-0.2, -0.15) is 0 Å². The highest BCUT2D eigenvalue weighted by molar-refractivity contribution is 5.90. The van der Waals surface area contributed by atoms with Crippen LogP contribution in [0.15, 0.2) is 12.2 Å². The third kappa shape index (κ3) is 13.9. The van der Waals surface area contributed by atoms with Gasteiger partial charge in [0.05, 0.1) is 49.1 Å². The first-order chi connectivity index (χ1) is 34.7. The number of hydrogen-bond donors (Lipinski definition) is 14. The van der Waals surface area contributed by atoms with Crippen molar-refractivity contribution in [2.75, 3.05) is 26.9 Å². The minimum atomic E-state index is -1.92. The lowest BCUT2D eigenvalue weighted by atomic mass is 9.72. The number of carbonyl (C=O) groups is 3. The monoisotopic (exact) mass is 1060 g/mol. The van der Waals surface area contributed by atoms with E-state index in [0.29, 0.717) is 19.3 Å². The van der Waals surface area contributed by atoms with Crippen LogP contribution in [0.5, 0.6) is 0 Å². The van der Waals surface area contributed by atoms with Crippen LogP contribution in [0.2, 0.25) is 0 Å². The van der Waals surface area contributed by atoms with Crippen molar-refractivity contribution in [2.45, 2.75) is 211 Å². The summed E-state index contributed by atoms with van der Waals surface area (Å²) in [6, 6.07) is 0. The van der Waals surface area contributed by atoms with Crippen LogP contribution in [0, 0.1) is 17.8 Å². The first-order valence-electron chi connectivity index (χ1n) is 24.8. The highest BCUT2D eigenvalue weighted by Gasteiger charge is 2.57. The minimum Gasteiger partial charge on any atom is -0.481 e. The standard InChI is InChI=1S/C46H72O27/c1-64-25-8-17(2-5-21(25)48)3-7-32(53)65-15-29-35(56)38(59)40(61)44(72-29)67-19-10-23(50)20-12-27(70-46-42(63)39(60)36(57)30(73-46)16-66-33(54)13-31(51)52)43(68-24(20)11-19)18-4-6-22(49)26(9-18)69-45-41(62)37(58)34(55)28(14-47)71-45/h3,7,17-30,34-50,55-63H,2,4-6,8-16H2,1H3,(H,51,52)/p+1/t17?,18?,19?,20?,21?,22?,23?,24?,25?,26?,27?,28-,29-,30-,34-,35-,36-,37+,38+,39+,40-,41-,42-,43?,44-,45-,46-/m1/s1. The molecule has 0 aromatic heterocycles. The molecule has 0 radical (unpaired) electrons. The Labute approximate surface area is 418 Å². The van der Waals surface area contributed by atoms with E-state index in [0.717, 1.165) is 0 Å². The lowest BCUT2D eigenvalue weighted by Gasteiger charge is -2.50. The van der Waals surface area contributed by atoms with E-state index < -0.39 is 197 Å². The molecule has 12 unspecified atom stereocenters. The summed E-state index contributed by atoms with van der Waals surface area (Å²) >= 11 is 0. The summed E-state index contributed by atoms with van der Waals surface area (Å²) in [4.78, 5) is 35.8. The highest BCUT2D eigenvalue weighted by Crippen LogP contribution is 2.44. The Morgan fingerprint density at radius 2 is 1.12 bits per heavy atom. The molecular formula is C46H73O27+. The van der Waals surface area contributed by atoms with E-state index in [1.54, 1.807) is 6.08 Å². The quantitative estimate of drug-likeness (QED) is 0.0279.